The number of rotatable bonds is 7. The van der Waals surface area contributed by atoms with Crippen molar-refractivity contribution in [2.24, 2.45) is 0 Å². The summed E-state index contributed by atoms with van der Waals surface area (Å²) >= 11 is 0. The van der Waals surface area contributed by atoms with Gasteiger partial charge in [0.05, 0.1) is 17.9 Å². The van der Waals surface area contributed by atoms with Crippen molar-refractivity contribution in [2.75, 3.05) is 25.5 Å². The number of nitrogens with one attached hydrogen (secondary N) is 1. The highest BCUT2D eigenvalue weighted by molar-refractivity contribution is 5.90. The maximum atomic E-state index is 13.5. The molecule has 24 heavy (non-hydrogen) atoms. The van der Waals surface area contributed by atoms with E-state index >= 15 is 0 Å². The third-order valence-corrected chi connectivity index (χ3v) is 3.72. The molecule has 0 unspecified atom stereocenters. The number of hydrogen-bond donors (Lipinski definition) is 1. The van der Waals surface area contributed by atoms with Gasteiger partial charge in [-0.25, -0.2) is 8.78 Å². The van der Waals surface area contributed by atoms with Gasteiger partial charge in [0.15, 0.2) is 0 Å². The van der Waals surface area contributed by atoms with Gasteiger partial charge in [-0.1, -0.05) is 0 Å². The van der Waals surface area contributed by atoms with Crippen molar-refractivity contribution in [1.29, 1.82) is 0 Å². The molecule has 130 valence electrons. The average molecular weight is 336 g/mol. The van der Waals surface area contributed by atoms with Crippen LogP contribution in [0.5, 0.6) is 0 Å². The van der Waals surface area contributed by atoms with E-state index < -0.39 is 11.6 Å². The molecule has 7 heteroatoms. The van der Waals surface area contributed by atoms with Crippen LogP contribution in [0.25, 0.3) is 0 Å². The molecule has 0 atom stereocenters. The third-order valence-electron chi connectivity index (χ3n) is 3.72. The standard InChI is InChI=1S/C17H22F2N4O/c1-12-10-13(2)23(21-12)9-8-22(3)7-6-17(24)20-16-11-14(18)4-5-15(16)19/h4-5,10-11H,6-9H2,1-3H3,(H,20,24). The minimum atomic E-state index is -0.650. The first kappa shape index (κ1) is 18.1. The fourth-order valence-electron chi connectivity index (χ4n) is 2.38. The second-order valence-corrected chi connectivity index (χ2v) is 5.88. The average Bonchev–Trinajstić information content (AvgIpc) is 2.84. The molecule has 0 aliphatic heterocycles. The highest BCUT2D eigenvalue weighted by Gasteiger charge is 2.10. The van der Waals surface area contributed by atoms with Crippen molar-refractivity contribution in [3.05, 3.63) is 47.3 Å². The zero-order valence-corrected chi connectivity index (χ0v) is 14.1. The number of carbonyl (C=O) groups is 1. The first-order valence-corrected chi connectivity index (χ1v) is 7.79. The number of halogens is 2. The number of aryl methyl sites for hydroxylation is 2. The molecule has 1 heterocycles. The molecule has 1 aromatic heterocycles. The van der Waals surface area contributed by atoms with E-state index in [0.29, 0.717) is 6.54 Å². The number of nitrogens with zero attached hydrogens (tertiary/aromatic N) is 3. The summed E-state index contributed by atoms with van der Waals surface area (Å²) in [6, 6.07) is 4.99. The predicted molar refractivity (Wildman–Crippen MR) is 88.8 cm³/mol. The van der Waals surface area contributed by atoms with Gasteiger partial charge in [-0.3, -0.25) is 9.48 Å². The molecule has 1 aromatic carbocycles. The number of likely N-dealkylation sites (N-methyl/N-ethyl adjacent to an activating group) is 1. The van der Waals surface area contributed by atoms with Gasteiger partial charge < -0.3 is 10.2 Å². The Morgan fingerprint density at radius 2 is 2.00 bits per heavy atom. The Balaban J connectivity index is 1.76. The summed E-state index contributed by atoms with van der Waals surface area (Å²) in [5.41, 5.74) is 1.94. The summed E-state index contributed by atoms with van der Waals surface area (Å²) in [5, 5.41) is 6.78. The lowest BCUT2D eigenvalue weighted by atomic mass is 10.2. The second kappa shape index (κ2) is 8.01. The molecule has 5 nitrogen and oxygen atoms in total. The van der Waals surface area contributed by atoms with Gasteiger partial charge in [-0.15, -0.1) is 0 Å². The lowest BCUT2D eigenvalue weighted by Gasteiger charge is -2.17. The fourth-order valence-corrected chi connectivity index (χ4v) is 2.38. The second-order valence-electron chi connectivity index (χ2n) is 5.88. The molecule has 0 spiro atoms. The van der Waals surface area contributed by atoms with Crippen LogP contribution in [0.15, 0.2) is 24.3 Å². The highest BCUT2D eigenvalue weighted by Crippen LogP contribution is 2.15. The normalized spacial score (nSPS) is 11.1. The van der Waals surface area contributed by atoms with Gasteiger partial charge in [-0.05, 0) is 39.1 Å². The van der Waals surface area contributed by atoms with Crippen LogP contribution >= 0.6 is 0 Å². The lowest BCUT2D eigenvalue weighted by molar-refractivity contribution is -0.116. The van der Waals surface area contributed by atoms with E-state index in [1.165, 1.54) is 0 Å². The number of hydrogen-bond acceptors (Lipinski definition) is 3. The van der Waals surface area contributed by atoms with Crippen molar-refractivity contribution in [2.45, 2.75) is 26.8 Å². The van der Waals surface area contributed by atoms with Crippen LogP contribution in [-0.2, 0) is 11.3 Å². The topological polar surface area (TPSA) is 50.2 Å². The fraction of sp³-hybridized carbons (Fsp3) is 0.412. The third kappa shape index (κ3) is 5.13. The molecule has 2 rings (SSSR count). The van der Waals surface area contributed by atoms with Crippen LogP contribution in [0.2, 0.25) is 0 Å². The number of benzene rings is 1. The number of amides is 1. The number of carbonyl (C=O) groups excluding carboxylic acids is 1. The molecular formula is C17H22F2N4O. The lowest BCUT2D eigenvalue weighted by Crippen LogP contribution is -2.28. The Bertz CT molecular complexity index is 715. The minimum absolute atomic E-state index is 0.134. The molecule has 0 saturated heterocycles. The van der Waals surface area contributed by atoms with E-state index in [9.17, 15) is 13.6 Å². The first-order valence-electron chi connectivity index (χ1n) is 7.79. The molecular weight excluding hydrogens is 314 g/mol. The monoisotopic (exact) mass is 336 g/mol. The number of anilines is 1. The van der Waals surface area contributed by atoms with Crippen LogP contribution in [0, 0.1) is 25.5 Å². The van der Waals surface area contributed by atoms with Crippen LogP contribution < -0.4 is 5.32 Å². The molecule has 0 fully saturated rings. The van der Waals surface area contributed by atoms with Crippen molar-refractivity contribution < 1.29 is 13.6 Å². The molecule has 0 aliphatic carbocycles. The molecule has 1 N–H and O–H groups in total. The van der Waals surface area contributed by atoms with Gasteiger partial charge in [-0.2, -0.15) is 5.10 Å². The molecule has 0 bridgehead atoms. The zero-order valence-electron chi connectivity index (χ0n) is 14.1. The summed E-state index contributed by atoms with van der Waals surface area (Å²) in [6.07, 6.45) is 0.198. The molecule has 2 aromatic rings. The largest absolute Gasteiger partial charge is 0.323 e. The molecule has 0 saturated carbocycles. The molecule has 0 aliphatic rings. The quantitative estimate of drug-likeness (QED) is 0.846. The van der Waals surface area contributed by atoms with Crippen LogP contribution in [0.3, 0.4) is 0 Å². The van der Waals surface area contributed by atoms with E-state index in [0.717, 1.165) is 42.7 Å². The minimum Gasteiger partial charge on any atom is -0.323 e. The summed E-state index contributed by atoms with van der Waals surface area (Å²) in [7, 11) is 1.90. The van der Waals surface area contributed by atoms with E-state index in [-0.39, 0.29) is 18.0 Å². The SMILES string of the molecule is Cc1cc(C)n(CCN(C)CCC(=O)Nc2cc(F)ccc2F)n1. The van der Waals surface area contributed by atoms with Crippen molar-refractivity contribution in [1.82, 2.24) is 14.7 Å². The zero-order chi connectivity index (χ0) is 17.7. The highest BCUT2D eigenvalue weighted by atomic mass is 19.1. The number of aromatic nitrogens is 2. The maximum absolute atomic E-state index is 13.5. The van der Waals surface area contributed by atoms with Gasteiger partial charge >= 0.3 is 0 Å². The maximum Gasteiger partial charge on any atom is 0.225 e. The van der Waals surface area contributed by atoms with Gasteiger partial charge in [0.25, 0.3) is 0 Å². The Morgan fingerprint density at radius 1 is 1.25 bits per heavy atom. The summed E-state index contributed by atoms with van der Waals surface area (Å²) in [5.74, 6) is -1.59. The van der Waals surface area contributed by atoms with Crippen LogP contribution in [-0.4, -0.2) is 40.7 Å². The van der Waals surface area contributed by atoms with Crippen molar-refractivity contribution in [3.8, 4) is 0 Å². The summed E-state index contributed by atoms with van der Waals surface area (Å²) in [4.78, 5) is 13.9. The van der Waals surface area contributed by atoms with Gasteiger partial charge in [0.1, 0.15) is 11.6 Å². The molecule has 0 radical (unpaired) electrons. The first-order chi connectivity index (χ1) is 11.3. The van der Waals surface area contributed by atoms with E-state index in [1.807, 2.05) is 36.5 Å². The van der Waals surface area contributed by atoms with Crippen molar-refractivity contribution in [3.63, 3.8) is 0 Å². The van der Waals surface area contributed by atoms with Gasteiger partial charge in [0.2, 0.25) is 5.91 Å². The smallest absolute Gasteiger partial charge is 0.225 e. The Hall–Kier alpha value is -2.28. The summed E-state index contributed by atoms with van der Waals surface area (Å²) < 4.78 is 28.5. The predicted octanol–water partition coefficient (Wildman–Crippen LogP) is 2.74. The van der Waals surface area contributed by atoms with E-state index in [2.05, 4.69) is 10.4 Å². The van der Waals surface area contributed by atoms with Gasteiger partial charge in [0, 0.05) is 31.3 Å². The van der Waals surface area contributed by atoms with Crippen LogP contribution in [0.4, 0.5) is 14.5 Å². The van der Waals surface area contributed by atoms with E-state index in [4.69, 9.17) is 0 Å². The van der Waals surface area contributed by atoms with Crippen molar-refractivity contribution >= 4 is 11.6 Å². The van der Waals surface area contributed by atoms with Crippen LogP contribution in [0.1, 0.15) is 17.8 Å². The Labute approximate surface area is 140 Å². The van der Waals surface area contributed by atoms with E-state index in [1.54, 1.807) is 0 Å². The summed E-state index contributed by atoms with van der Waals surface area (Å²) in [6.45, 7) is 5.94. The molecule has 1 amide bonds. The Morgan fingerprint density at radius 3 is 2.67 bits per heavy atom. The Kier molecular flexibility index (Phi) is 6.03.